The van der Waals surface area contributed by atoms with E-state index in [1.807, 2.05) is 70.2 Å². The largest absolute Gasteiger partial charge is 0.494 e. The van der Waals surface area contributed by atoms with Crippen LogP contribution in [-0.4, -0.2) is 77.8 Å². The van der Waals surface area contributed by atoms with Crippen LogP contribution in [0.3, 0.4) is 0 Å². The van der Waals surface area contributed by atoms with Gasteiger partial charge in [-0.05, 0) is 88.3 Å². The van der Waals surface area contributed by atoms with Gasteiger partial charge in [-0.2, -0.15) is 0 Å². The predicted molar refractivity (Wildman–Crippen MR) is 193 cm³/mol. The molecule has 1 N–H and O–H groups in total. The van der Waals surface area contributed by atoms with E-state index in [9.17, 15) is 14.7 Å². The molecule has 3 heterocycles. The third kappa shape index (κ3) is 6.43. The molecule has 0 aromatic heterocycles. The highest BCUT2D eigenvalue weighted by molar-refractivity contribution is 6.07. The second-order valence-electron chi connectivity index (χ2n) is 13.6. The maximum atomic E-state index is 15.1. The number of hydrogen-bond acceptors (Lipinski definition) is 6. The summed E-state index contributed by atoms with van der Waals surface area (Å²) < 4.78 is 12.8. The van der Waals surface area contributed by atoms with Crippen molar-refractivity contribution in [2.75, 3.05) is 42.6 Å². The van der Waals surface area contributed by atoms with Crippen molar-refractivity contribution in [2.24, 2.45) is 11.8 Å². The molecule has 2 unspecified atom stereocenters. The van der Waals surface area contributed by atoms with Crippen LogP contribution in [0.15, 0.2) is 67.8 Å². The Bertz CT molecular complexity index is 1520. The number of fused-ring (bicyclic) bond motifs is 1. The van der Waals surface area contributed by atoms with E-state index in [0.29, 0.717) is 56.7 Å². The molecule has 2 aromatic rings. The number of benzene rings is 2. The van der Waals surface area contributed by atoms with E-state index in [2.05, 4.69) is 13.2 Å². The number of anilines is 2. The molecule has 264 valence electrons. The molecule has 3 aliphatic heterocycles. The number of rotatable bonds is 17. The average molecular weight is 672 g/mol. The Labute approximate surface area is 291 Å². The molecule has 2 aromatic carbocycles. The minimum Gasteiger partial charge on any atom is -0.494 e. The van der Waals surface area contributed by atoms with Crippen LogP contribution in [-0.2, 0) is 19.1 Å². The Balaban J connectivity index is 1.59. The summed E-state index contributed by atoms with van der Waals surface area (Å²) in [5.41, 5.74) is 1.37. The number of nitrogens with zero attached hydrogens (tertiary/aromatic N) is 3. The van der Waals surface area contributed by atoms with Crippen molar-refractivity contribution in [3.05, 3.63) is 78.9 Å². The molecule has 0 radical (unpaired) electrons. The standard InChI is InChI=1S/C40H53N3O6/c1-7-24-41(30-18-20-31(21-19-30)48-10-4)36(45)32-33-37(46)43(26-13-11-12-14-27-44)35(40(33)23-22-39(32,9-3)49-40)38(47)42(25-8-2)34-28(5)16-15-17-29(34)6/h7-8,15-21,32-33,35,44H,1-2,9-14,22-27H2,3-6H3/t32-,33+,35?,39+,40?/m1/s1. The van der Waals surface area contributed by atoms with Crippen molar-refractivity contribution >= 4 is 29.1 Å². The molecule has 1 spiro atoms. The summed E-state index contributed by atoms with van der Waals surface area (Å²) >= 11 is 0. The summed E-state index contributed by atoms with van der Waals surface area (Å²) in [4.78, 5) is 50.1. The maximum Gasteiger partial charge on any atom is 0.253 e. The number of aliphatic hydroxyl groups is 1. The summed E-state index contributed by atoms with van der Waals surface area (Å²) in [6, 6.07) is 12.4. The SMILES string of the molecule is C=CCN(C(=O)[C@H]1[C@H]2C(=O)N(CCCCCCO)C(C(=O)N(CC=C)c3c(C)cccc3C)C23CC[C@]1(CC)O3)c1ccc(OCC)cc1. The highest BCUT2D eigenvalue weighted by Crippen LogP contribution is 2.65. The second kappa shape index (κ2) is 15.3. The van der Waals surface area contributed by atoms with Gasteiger partial charge in [-0.1, -0.05) is 50.1 Å². The van der Waals surface area contributed by atoms with Crippen molar-refractivity contribution < 1.29 is 29.0 Å². The van der Waals surface area contributed by atoms with Crippen LogP contribution in [0.5, 0.6) is 5.75 Å². The Morgan fingerprint density at radius 3 is 2.22 bits per heavy atom. The number of likely N-dealkylation sites (tertiary alicyclic amines) is 1. The lowest BCUT2D eigenvalue weighted by Crippen LogP contribution is -2.57. The minimum absolute atomic E-state index is 0.119. The zero-order valence-corrected chi connectivity index (χ0v) is 29.7. The molecule has 9 nitrogen and oxygen atoms in total. The lowest BCUT2D eigenvalue weighted by Gasteiger charge is -2.37. The quantitative estimate of drug-likeness (QED) is 0.160. The van der Waals surface area contributed by atoms with Crippen molar-refractivity contribution in [2.45, 2.75) is 89.9 Å². The van der Waals surface area contributed by atoms with Crippen LogP contribution >= 0.6 is 0 Å². The smallest absolute Gasteiger partial charge is 0.253 e. The van der Waals surface area contributed by atoms with E-state index in [4.69, 9.17) is 9.47 Å². The summed E-state index contributed by atoms with van der Waals surface area (Å²) in [5, 5.41) is 9.32. The number of carbonyl (C=O) groups is 3. The number of carbonyl (C=O) groups excluding carboxylic acids is 3. The molecular weight excluding hydrogens is 618 g/mol. The van der Waals surface area contributed by atoms with Gasteiger partial charge in [0.25, 0.3) is 5.91 Å². The molecule has 5 atom stereocenters. The molecule has 3 amide bonds. The van der Waals surface area contributed by atoms with E-state index < -0.39 is 29.1 Å². The maximum absolute atomic E-state index is 15.1. The number of amides is 3. The van der Waals surface area contributed by atoms with Crippen LogP contribution in [0.2, 0.25) is 0 Å². The predicted octanol–water partition coefficient (Wildman–Crippen LogP) is 6.15. The minimum atomic E-state index is -1.15. The van der Waals surface area contributed by atoms with Gasteiger partial charge in [-0.3, -0.25) is 14.4 Å². The number of ether oxygens (including phenoxy) is 2. The van der Waals surface area contributed by atoms with E-state index in [0.717, 1.165) is 29.7 Å². The normalized spacial score (nSPS) is 25.3. The van der Waals surface area contributed by atoms with Gasteiger partial charge in [0.05, 0.1) is 24.0 Å². The lowest BCUT2D eigenvalue weighted by atomic mass is 9.64. The van der Waals surface area contributed by atoms with Gasteiger partial charge in [-0.25, -0.2) is 0 Å². The zero-order valence-electron chi connectivity index (χ0n) is 29.7. The molecule has 0 aliphatic carbocycles. The van der Waals surface area contributed by atoms with E-state index in [1.54, 1.807) is 26.9 Å². The molecular formula is C40H53N3O6. The number of unbranched alkanes of at least 4 members (excludes halogenated alkanes) is 3. The molecule has 0 saturated carbocycles. The first kappa shape index (κ1) is 36.3. The second-order valence-corrected chi connectivity index (χ2v) is 13.6. The third-order valence-electron chi connectivity index (χ3n) is 10.8. The fourth-order valence-corrected chi connectivity index (χ4v) is 8.67. The van der Waals surface area contributed by atoms with Gasteiger partial charge in [0, 0.05) is 37.6 Å². The summed E-state index contributed by atoms with van der Waals surface area (Å²) in [6.07, 6.45) is 8.03. The first-order chi connectivity index (χ1) is 23.6. The Morgan fingerprint density at radius 2 is 1.61 bits per heavy atom. The fraction of sp³-hybridized carbons (Fsp3) is 0.525. The van der Waals surface area contributed by atoms with Gasteiger partial charge in [0.1, 0.15) is 17.4 Å². The van der Waals surface area contributed by atoms with Gasteiger partial charge < -0.3 is 29.3 Å². The van der Waals surface area contributed by atoms with Crippen molar-refractivity contribution in [1.29, 1.82) is 0 Å². The third-order valence-corrected chi connectivity index (χ3v) is 10.8. The van der Waals surface area contributed by atoms with Crippen LogP contribution in [0, 0.1) is 25.7 Å². The van der Waals surface area contributed by atoms with Crippen LogP contribution in [0.4, 0.5) is 11.4 Å². The Hall–Kier alpha value is -3.95. The van der Waals surface area contributed by atoms with Crippen molar-refractivity contribution in [3.8, 4) is 5.75 Å². The van der Waals surface area contributed by atoms with Crippen LogP contribution < -0.4 is 14.5 Å². The van der Waals surface area contributed by atoms with E-state index in [-0.39, 0.29) is 37.4 Å². The Morgan fingerprint density at radius 1 is 0.959 bits per heavy atom. The van der Waals surface area contributed by atoms with Gasteiger partial charge in [-0.15, -0.1) is 13.2 Å². The first-order valence-electron chi connectivity index (χ1n) is 17.9. The monoisotopic (exact) mass is 671 g/mol. The van der Waals surface area contributed by atoms with Crippen LogP contribution in [0.25, 0.3) is 0 Å². The van der Waals surface area contributed by atoms with Gasteiger partial charge in [0.15, 0.2) is 0 Å². The average Bonchev–Trinajstić information content (AvgIpc) is 3.70. The lowest BCUT2D eigenvalue weighted by molar-refractivity contribution is -0.146. The number of aliphatic hydroxyl groups excluding tert-OH is 1. The molecule has 3 aliphatic rings. The summed E-state index contributed by atoms with van der Waals surface area (Å²) in [7, 11) is 0. The molecule has 49 heavy (non-hydrogen) atoms. The molecule has 5 rings (SSSR count). The summed E-state index contributed by atoms with van der Waals surface area (Å²) in [6.45, 7) is 17.3. The first-order valence-corrected chi connectivity index (χ1v) is 17.9. The molecule has 9 heteroatoms. The number of para-hydroxylation sites is 1. The number of hydrogen-bond donors (Lipinski definition) is 1. The molecule has 2 bridgehead atoms. The van der Waals surface area contributed by atoms with Crippen LogP contribution in [0.1, 0.15) is 69.9 Å². The highest BCUT2D eigenvalue weighted by Gasteiger charge is 2.79. The number of aryl methyl sites for hydroxylation is 2. The Kier molecular flexibility index (Phi) is 11.3. The summed E-state index contributed by atoms with van der Waals surface area (Å²) in [5.74, 6) is -1.47. The zero-order chi connectivity index (χ0) is 35.3. The van der Waals surface area contributed by atoms with Gasteiger partial charge >= 0.3 is 0 Å². The van der Waals surface area contributed by atoms with E-state index >= 15 is 4.79 Å². The fourth-order valence-electron chi connectivity index (χ4n) is 8.67. The highest BCUT2D eigenvalue weighted by atomic mass is 16.5. The van der Waals surface area contributed by atoms with Crippen molar-refractivity contribution in [3.63, 3.8) is 0 Å². The molecule has 3 fully saturated rings. The van der Waals surface area contributed by atoms with E-state index in [1.165, 1.54) is 0 Å². The topological polar surface area (TPSA) is 99.6 Å². The van der Waals surface area contributed by atoms with Crippen molar-refractivity contribution in [1.82, 2.24) is 4.90 Å². The molecule has 3 saturated heterocycles. The van der Waals surface area contributed by atoms with Gasteiger partial charge in [0.2, 0.25) is 11.8 Å².